The number of terminal acetylenes is 1. The Kier molecular flexibility index (Phi) is 15.5. The summed E-state index contributed by atoms with van der Waals surface area (Å²) >= 11 is 0. The first-order valence-corrected chi connectivity index (χ1v) is 3.03. The minimum atomic E-state index is 0. The molecule has 0 unspecified atom stereocenters. The van der Waals surface area contributed by atoms with Gasteiger partial charge in [0.2, 0.25) is 0 Å². The maximum atomic E-state index is 8.65. The Morgan fingerprint density at radius 1 is 1.15 bits per heavy atom. The molecular weight excluding hydrogens is 308 g/mol. The van der Waals surface area contributed by atoms with Crippen molar-refractivity contribution in [3.05, 3.63) is 35.4 Å². The Morgan fingerprint density at radius 3 is 1.92 bits per heavy atom. The van der Waals surface area contributed by atoms with E-state index in [0.29, 0.717) is 0 Å². The fourth-order valence-corrected chi connectivity index (χ4v) is 0.706. The first-order chi connectivity index (χ1) is 4.86. The Labute approximate surface area is 116 Å². The van der Waals surface area contributed by atoms with Crippen LogP contribution in [0.15, 0.2) is 24.3 Å². The normalized spacial score (nSPS) is 6.77. The zero-order valence-electron chi connectivity index (χ0n) is 7.00. The van der Waals surface area contributed by atoms with E-state index in [0.717, 1.165) is 11.1 Å². The zero-order chi connectivity index (χ0) is 7.40. The van der Waals surface area contributed by atoms with Crippen LogP contribution >= 0.6 is 0 Å². The van der Waals surface area contributed by atoms with Crippen molar-refractivity contribution in [2.45, 2.75) is 6.61 Å². The summed E-state index contributed by atoms with van der Waals surface area (Å²) in [7, 11) is 0. The van der Waals surface area contributed by atoms with Crippen LogP contribution in [-0.2, 0) is 6.61 Å². The summed E-state index contributed by atoms with van der Waals surface area (Å²) in [4.78, 5) is 0. The second kappa shape index (κ2) is 10.5. The van der Waals surface area contributed by atoms with Gasteiger partial charge in [0, 0.05) is 5.56 Å². The van der Waals surface area contributed by atoms with Crippen LogP contribution in [-0.4, -0.2) is 28.2 Å². The van der Waals surface area contributed by atoms with Gasteiger partial charge in [0.1, 0.15) is 0 Å². The van der Waals surface area contributed by atoms with Crippen molar-refractivity contribution in [2.24, 2.45) is 0 Å². The van der Waals surface area contributed by atoms with E-state index in [1.165, 1.54) is 0 Å². The first-order valence-electron chi connectivity index (χ1n) is 3.03. The summed E-state index contributed by atoms with van der Waals surface area (Å²) in [6.45, 7) is 0.0743. The molecule has 13 heavy (non-hydrogen) atoms. The van der Waals surface area contributed by atoms with Crippen LogP contribution in [0.3, 0.4) is 0 Å². The molecule has 0 aliphatic carbocycles. The predicted octanol–water partition coefficient (Wildman–Crippen LogP) is -5.21. The zero-order valence-corrected chi connectivity index (χ0v) is 11.6. The molecule has 1 aromatic rings. The SMILES string of the molecule is C#Cc1ccc(CO)cc1.[Br-].[Br-].[Mg+2]. The summed E-state index contributed by atoms with van der Waals surface area (Å²) in [5.41, 5.74) is 1.73. The van der Waals surface area contributed by atoms with E-state index >= 15 is 0 Å². The minimum Gasteiger partial charge on any atom is -1.00 e. The van der Waals surface area contributed by atoms with Crippen molar-refractivity contribution < 1.29 is 39.1 Å². The molecule has 1 nitrogen and oxygen atoms in total. The molecule has 0 fully saturated rings. The molecule has 0 atom stereocenters. The van der Waals surface area contributed by atoms with Crippen molar-refractivity contribution in [1.29, 1.82) is 0 Å². The van der Waals surface area contributed by atoms with Gasteiger partial charge in [-0.25, -0.2) is 0 Å². The van der Waals surface area contributed by atoms with Crippen molar-refractivity contribution in [2.75, 3.05) is 0 Å². The van der Waals surface area contributed by atoms with Crippen LogP contribution in [0.2, 0.25) is 0 Å². The monoisotopic (exact) mass is 314 g/mol. The van der Waals surface area contributed by atoms with Gasteiger partial charge in [-0.1, -0.05) is 18.1 Å². The molecule has 0 spiro atoms. The predicted molar refractivity (Wildman–Crippen MR) is 46.1 cm³/mol. The quantitative estimate of drug-likeness (QED) is 0.406. The third-order valence-corrected chi connectivity index (χ3v) is 1.30. The number of halogens is 2. The topological polar surface area (TPSA) is 20.2 Å². The molecule has 0 saturated heterocycles. The molecule has 4 heteroatoms. The average Bonchev–Trinajstić information content (AvgIpc) is 2.05. The number of aliphatic hydroxyl groups excluding tert-OH is 1. The van der Waals surface area contributed by atoms with Gasteiger partial charge in [0.25, 0.3) is 0 Å². The molecular formula is C9H8Br2MgO. The Bertz CT molecular complexity index is 253. The van der Waals surface area contributed by atoms with Gasteiger partial charge in [0.05, 0.1) is 6.61 Å². The summed E-state index contributed by atoms with van der Waals surface area (Å²) in [5, 5.41) is 8.65. The largest absolute Gasteiger partial charge is 2.00 e. The standard InChI is InChI=1S/C9H8O.2BrH.Mg/c1-2-8-3-5-9(7-10)6-4-8;;;/h1,3-6,10H,7H2;2*1H;/q;;;+2/p-2. The second-order valence-corrected chi connectivity index (χ2v) is 2.00. The van der Waals surface area contributed by atoms with Gasteiger partial charge < -0.3 is 39.1 Å². The van der Waals surface area contributed by atoms with Crippen LogP contribution in [0.5, 0.6) is 0 Å². The second-order valence-electron chi connectivity index (χ2n) is 2.00. The van der Waals surface area contributed by atoms with E-state index < -0.39 is 0 Å². The summed E-state index contributed by atoms with van der Waals surface area (Å²) < 4.78 is 0. The number of hydrogen-bond donors (Lipinski definition) is 1. The van der Waals surface area contributed by atoms with Gasteiger partial charge in [0.15, 0.2) is 0 Å². The third kappa shape index (κ3) is 6.53. The minimum absolute atomic E-state index is 0. The van der Waals surface area contributed by atoms with E-state index in [1.807, 2.05) is 24.3 Å². The molecule has 0 aromatic heterocycles. The fourth-order valence-electron chi connectivity index (χ4n) is 0.706. The van der Waals surface area contributed by atoms with Gasteiger partial charge >= 0.3 is 23.1 Å². The van der Waals surface area contributed by atoms with E-state index in [1.54, 1.807) is 0 Å². The summed E-state index contributed by atoms with van der Waals surface area (Å²) in [5.74, 6) is 2.50. The van der Waals surface area contributed by atoms with E-state index in [2.05, 4.69) is 5.92 Å². The van der Waals surface area contributed by atoms with Gasteiger partial charge in [-0.05, 0) is 17.7 Å². The van der Waals surface area contributed by atoms with Gasteiger partial charge in [-0.3, -0.25) is 0 Å². The van der Waals surface area contributed by atoms with Crippen molar-refractivity contribution in [1.82, 2.24) is 0 Å². The van der Waals surface area contributed by atoms with Crippen LogP contribution in [0.25, 0.3) is 0 Å². The fraction of sp³-hybridized carbons (Fsp3) is 0.111. The van der Waals surface area contributed by atoms with Crippen LogP contribution in [0, 0.1) is 12.3 Å². The molecule has 0 radical (unpaired) electrons. The molecule has 0 heterocycles. The maximum Gasteiger partial charge on any atom is 2.00 e. The molecule has 1 N–H and O–H groups in total. The summed E-state index contributed by atoms with van der Waals surface area (Å²) in [6, 6.07) is 7.25. The van der Waals surface area contributed by atoms with Crippen LogP contribution < -0.4 is 34.0 Å². The molecule has 1 rings (SSSR count). The number of benzene rings is 1. The van der Waals surface area contributed by atoms with Crippen molar-refractivity contribution in [3.8, 4) is 12.3 Å². The molecule has 66 valence electrons. The molecule has 0 aliphatic heterocycles. The average molecular weight is 316 g/mol. The van der Waals surface area contributed by atoms with Crippen molar-refractivity contribution in [3.63, 3.8) is 0 Å². The van der Waals surface area contributed by atoms with E-state index in [9.17, 15) is 0 Å². The smallest absolute Gasteiger partial charge is 1.00 e. The number of aliphatic hydroxyl groups is 1. The van der Waals surface area contributed by atoms with E-state index in [-0.39, 0.29) is 63.6 Å². The first kappa shape index (κ1) is 19.1. The molecule has 0 aliphatic rings. The molecule has 0 bridgehead atoms. The third-order valence-electron chi connectivity index (χ3n) is 1.30. The molecule has 0 amide bonds. The van der Waals surface area contributed by atoms with Gasteiger partial charge in [-0.15, -0.1) is 6.42 Å². The summed E-state index contributed by atoms with van der Waals surface area (Å²) in [6.07, 6.45) is 5.13. The van der Waals surface area contributed by atoms with Crippen LogP contribution in [0.1, 0.15) is 11.1 Å². The van der Waals surface area contributed by atoms with Crippen molar-refractivity contribution >= 4 is 23.1 Å². The number of rotatable bonds is 1. The Hall–Kier alpha value is 0.466. The van der Waals surface area contributed by atoms with E-state index in [4.69, 9.17) is 11.5 Å². The van der Waals surface area contributed by atoms with Gasteiger partial charge in [-0.2, -0.15) is 0 Å². The molecule has 0 saturated carbocycles. The Balaban J connectivity index is -0.000000333. The Morgan fingerprint density at radius 2 is 1.62 bits per heavy atom. The van der Waals surface area contributed by atoms with Crippen LogP contribution in [0.4, 0.5) is 0 Å². The molecule has 1 aromatic carbocycles. The maximum absolute atomic E-state index is 8.65. The number of hydrogen-bond acceptors (Lipinski definition) is 1.